The van der Waals surface area contributed by atoms with E-state index in [9.17, 15) is 26.3 Å². The molecule has 0 saturated carbocycles. The van der Waals surface area contributed by atoms with Gasteiger partial charge < -0.3 is 15.0 Å². The third-order valence-electron chi connectivity index (χ3n) is 6.56. The van der Waals surface area contributed by atoms with E-state index < -0.39 is 23.6 Å². The van der Waals surface area contributed by atoms with Crippen molar-refractivity contribution in [3.63, 3.8) is 0 Å². The molecule has 1 N–H and O–H groups in total. The molecule has 13 heteroatoms. The summed E-state index contributed by atoms with van der Waals surface area (Å²) >= 11 is 0. The smallest absolute Gasteiger partial charge is 0.370 e. The highest BCUT2D eigenvalue weighted by Crippen LogP contribution is 2.37. The highest BCUT2D eigenvalue weighted by Gasteiger charge is 2.34. The zero-order valence-electron chi connectivity index (χ0n) is 21.2. The molecule has 1 aromatic carbocycles. The average molecular weight is 563 g/mol. The van der Waals surface area contributed by atoms with Crippen molar-refractivity contribution in [3.8, 4) is 11.3 Å². The maximum Gasteiger partial charge on any atom is 0.433 e. The number of anilines is 2. The lowest BCUT2D eigenvalue weighted by Gasteiger charge is -2.28. The number of aromatic nitrogens is 4. The number of hydrogen-bond donors (Lipinski definition) is 1. The maximum absolute atomic E-state index is 13.7. The second kappa shape index (κ2) is 11.0. The Labute approximate surface area is 225 Å². The van der Waals surface area contributed by atoms with Crippen LogP contribution < -0.4 is 5.32 Å². The van der Waals surface area contributed by atoms with Crippen molar-refractivity contribution in [2.24, 2.45) is 0 Å². The van der Waals surface area contributed by atoms with E-state index in [1.165, 1.54) is 30.5 Å². The highest BCUT2D eigenvalue weighted by molar-refractivity contribution is 5.93. The number of benzene rings is 1. The molecule has 4 aromatic rings. The Hall–Kier alpha value is -3.84. The van der Waals surface area contributed by atoms with Crippen LogP contribution in [0.5, 0.6) is 0 Å². The molecule has 0 atom stereocenters. The van der Waals surface area contributed by atoms with E-state index >= 15 is 0 Å². The first-order valence-electron chi connectivity index (χ1n) is 12.4. The van der Waals surface area contributed by atoms with Crippen LogP contribution in [0.25, 0.3) is 22.2 Å². The minimum Gasteiger partial charge on any atom is -0.370 e. The van der Waals surface area contributed by atoms with Gasteiger partial charge in [-0.2, -0.15) is 26.3 Å². The molecule has 1 aliphatic heterocycles. The first-order valence-corrected chi connectivity index (χ1v) is 12.4. The molecule has 210 valence electrons. The maximum atomic E-state index is 13.7. The van der Waals surface area contributed by atoms with Crippen molar-refractivity contribution in [1.29, 1.82) is 0 Å². The van der Waals surface area contributed by atoms with Crippen molar-refractivity contribution < 1.29 is 31.1 Å². The van der Waals surface area contributed by atoms with Gasteiger partial charge >= 0.3 is 12.4 Å². The molecule has 1 fully saturated rings. The minimum atomic E-state index is -4.61. The summed E-state index contributed by atoms with van der Waals surface area (Å²) in [5.74, 6) is 0.514. The number of rotatable bonds is 6. The Morgan fingerprint density at radius 1 is 0.950 bits per heavy atom. The van der Waals surface area contributed by atoms with Gasteiger partial charge in [-0.25, -0.2) is 15.0 Å². The molecule has 0 aliphatic carbocycles. The third-order valence-corrected chi connectivity index (χ3v) is 6.56. The molecule has 7 nitrogen and oxygen atoms in total. The molecule has 0 unspecified atom stereocenters. The van der Waals surface area contributed by atoms with Crippen molar-refractivity contribution in [2.45, 2.75) is 37.9 Å². The number of ether oxygens (including phenoxy) is 1. The first kappa shape index (κ1) is 27.7. The summed E-state index contributed by atoms with van der Waals surface area (Å²) in [6.45, 7) is 1.81. The van der Waals surface area contributed by atoms with Gasteiger partial charge in [0.05, 0.1) is 34.8 Å². The second-order valence-electron chi connectivity index (χ2n) is 9.49. The Morgan fingerprint density at radius 2 is 1.73 bits per heavy atom. The summed E-state index contributed by atoms with van der Waals surface area (Å²) in [6.07, 6.45) is -5.23. The molecule has 0 amide bonds. The lowest BCUT2D eigenvalue weighted by atomic mass is 10.0. The fourth-order valence-electron chi connectivity index (χ4n) is 4.47. The first-order chi connectivity index (χ1) is 19.0. The number of fused-ring (bicyclic) bond motifs is 1. The van der Waals surface area contributed by atoms with Gasteiger partial charge in [0.25, 0.3) is 0 Å². The predicted octanol–water partition coefficient (Wildman–Crippen LogP) is 6.48. The number of nitrogens with one attached hydrogen (secondary N) is 1. The lowest BCUT2D eigenvalue weighted by Crippen LogP contribution is -2.34. The predicted molar refractivity (Wildman–Crippen MR) is 136 cm³/mol. The van der Waals surface area contributed by atoms with Crippen molar-refractivity contribution in [1.82, 2.24) is 24.8 Å². The number of piperidine rings is 1. The van der Waals surface area contributed by atoms with Gasteiger partial charge in [-0.05, 0) is 56.3 Å². The fraction of sp³-hybridized carbons (Fsp3) is 0.333. The van der Waals surface area contributed by atoms with E-state index in [2.05, 4.69) is 30.2 Å². The van der Waals surface area contributed by atoms with Gasteiger partial charge in [0.15, 0.2) is 5.82 Å². The Bertz CT molecular complexity index is 1480. The number of likely N-dealkylation sites (tertiary alicyclic amines) is 1. The topological polar surface area (TPSA) is 76.1 Å². The van der Waals surface area contributed by atoms with E-state index in [-0.39, 0.29) is 41.3 Å². The summed E-state index contributed by atoms with van der Waals surface area (Å²) < 4.78 is 85.8. The van der Waals surface area contributed by atoms with Crippen LogP contribution >= 0.6 is 0 Å². The molecule has 0 spiro atoms. The zero-order valence-corrected chi connectivity index (χ0v) is 21.2. The quantitative estimate of drug-likeness (QED) is 0.270. The van der Waals surface area contributed by atoms with E-state index in [4.69, 9.17) is 4.74 Å². The van der Waals surface area contributed by atoms with E-state index in [0.29, 0.717) is 10.9 Å². The number of nitrogens with zero attached hydrogens (tertiary/aromatic N) is 5. The van der Waals surface area contributed by atoms with Crippen LogP contribution in [0.3, 0.4) is 0 Å². The average Bonchev–Trinajstić information content (AvgIpc) is 2.92. The molecule has 40 heavy (non-hydrogen) atoms. The van der Waals surface area contributed by atoms with Crippen LogP contribution in [-0.4, -0.2) is 51.1 Å². The van der Waals surface area contributed by atoms with Crippen LogP contribution in [0.15, 0.2) is 54.9 Å². The van der Waals surface area contributed by atoms with Crippen LogP contribution in [0.4, 0.5) is 37.8 Å². The monoisotopic (exact) mass is 562 g/mol. The van der Waals surface area contributed by atoms with E-state index in [1.807, 2.05) is 7.05 Å². The summed E-state index contributed by atoms with van der Waals surface area (Å²) in [5.41, 5.74) is -1.43. The molecule has 1 aliphatic rings. The highest BCUT2D eigenvalue weighted by atomic mass is 19.4. The number of hydrogen-bond acceptors (Lipinski definition) is 7. The van der Waals surface area contributed by atoms with Crippen molar-refractivity contribution in [3.05, 3.63) is 71.9 Å². The Balaban J connectivity index is 1.52. The molecule has 1 saturated heterocycles. The van der Waals surface area contributed by atoms with Gasteiger partial charge in [0, 0.05) is 30.2 Å². The molecule has 0 bridgehead atoms. The van der Waals surface area contributed by atoms with Gasteiger partial charge in [0.2, 0.25) is 0 Å². The molecule has 5 rings (SSSR count). The molecule has 4 heterocycles. The number of halogens is 6. The standard InChI is InChI=1S/C27H24F6N6O/c1-39-11-8-18(9-12-39)40-15-23-37-21-13-16(24-20(26(28,29)30)3-2-10-34-24)4-6-19(21)25(38-23)36-17-5-7-22(35-14-17)27(31,32)33/h2-7,10,13-14,18H,8-9,11-12,15H2,1H3,(H,36,37,38). The molecule has 3 aromatic heterocycles. The fourth-order valence-corrected chi connectivity index (χ4v) is 4.47. The largest absolute Gasteiger partial charge is 0.433 e. The Morgan fingerprint density at radius 3 is 2.40 bits per heavy atom. The van der Waals surface area contributed by atoms with E-state index in [1.54, 1.807) is 6.07 Å². The molecular weight excluding hydrogens is 538 g/mol. The summed E-state index contributed by atoms with van der Waals surface area (Å²) in [7, 11) is 2.03. The minimum absolute atomic E-state index is 0.000200. The number of alkyl halides is 6. The second-order valence-corrected chi connectivity index (χ2v) is 9.49. The summed E-state index contributed by atoms with van der Waals surface area (Å²) in [5, 5.41) is 3.41. The van der Waals surface area contributed by atoms with Crippen molar-refractivity contribution >= 4 is 22.4 Å². The van der Waals surface area contributed by atoms with Gasteiger partial charge in [0.1, 0.15) is 18.1 Å². The van der Waals surface area contributed by atoms with Crippen LogP contribution in [0.2, 0.25) is 0 Å². The molecular formula is C27H24F6N6O. The van der Waals surface area contributed by atoms with Crippen molar-refractivity contribution in [2.75, 3.05) is 25.5 Å². The summed E-state index contributed by atoms with van der Waals surface area (Å²) in [6, 6.07) is 8.72. The van der Waals surface area contributed by atoms with Gasteiger partial charge in [-0.15, -0.1) is 0 Å². The SMILES string of the molecule is CN1CCC(OCc2nc(Nc3ccc(C(F)(F)F)nc3)c3ccc(-c4ncccc4C(F)(F)F)cc3n2)CC1. The normalized spacial score (nSPS) is 15.5. The lowest BCUT2D eigenvalue weighted by molar-refractivity contribution is -0.141. The third kappa shape index (κ3) is 6.31. The van der Waals surface area contributed by atoms with Gasteiger partial charge in [-0.3, -0.25) is 4.98 Å². The van der Waals surface area contributed by atoms with Gasteiger partial charge in [-0.1, -0.05) is 6.07 Å². The zero-order chi connectivity index (χ0) is 28.5. The van der Waals surface area contributed by atoms with Crippen LogP contribution in [-0.2, 0) is 23.7 Å². The van der Waals surface area contributed by atoms with E-state index in [0.717, 1.165) is 44.3 Å². The summed E-state index contributed by atoms with van der Waals surface area (Å²) in [4.78, 5) is 18.7. The van der Waals surface area contributed by atoms with Crippen LogP contribution in [0, 0.1) is 0 Å². The molecule has 0 radical (unpaired) electrons. The van der Waals surface area contributed by atoms with Crippen LogP contribution in [0.1, 0.15) is 29.9 Å². The Kier molecular flexibility index (Phi) is 7.60. The number of pyridine rings is 2.